The topological polar surface area (TPSA) is 26.9 Å². The fourth-order valence-electron chi connectivity index (χ4n) is 6.85. The van der Waals surface area contributed by atoms with E-state index in [0.29, 0.717) is 0 Å². The lowest BCUT2D eigenvalue weighted by molar-refractivity contribution is 1.06. The second-order valence-electron chi connectivity index (χ2n) is 9.67. The van der Waals surface area contributed by atoms with Crippen molar-refractivity contribution in [3.05, 3.63) is 113 Å². The number of nitrogens with zero attached hydrogens (tertiary/aromatic N) is 2. The molecule has 0 amide bonds. The summed E-state index contributed by atoms with van der Waals surface area (Å²) in [6, 6.07) is 36.3. The van der Waals surface area contributed by atoms with E-state index in [1.54, 1.807) is 0 Å². The number of aromatic nitrogens is 2. The smallest absolute Gasteiger partial charge is 0.263 e. The van der Waals surface area contributed by atoms with Gasteiger partial charge in [-0.25, -0.2) is 0 Å². The lowest BCUT2D eigenvalue weighted by atomic mass is 9.34. The molecule has 0 aliphatic carbocycles. The Morgan fingerprint density at radius 2 is 1.03 bits per heavy atom. The molecule has 0 saturated carbocycles. The van der Waals surface area contributed by atoms with Crippen LogP contribution in [0.1, 0.15) is 0 Å². The van der Waals surface area contributed by atoms with Crippen molar-refractivity contribution < 1.29 is 0 Å². The number of hydrogen-bond donors (Lipinski definition) is 0. The molecule has 5 aromatic carbocycles. The molecule has 4 heteroatoms. The van der Waals surface area contributed by atoms with Gasteiger partial charge in [0.2, 0.25) is 0 Å². The minimum absolute atomic E-state index is 0.0498. The second-order valence-corrected chi connectivity index (χ2v) is 9.67. The summed E-state index contributed by atoms with van der Waals surface area (Å²) in [5.41, 5.74) is 9.45. The number of para-hydroxylation sites is 3. The molecule has 4 heterocycles. The van der Waals surface area contributed by atoms with E-state index in [0.717, 1.165) is 27.4 Å². The van der Waals surface area contributed by atoms with Crippen molar-refractivity contribution >= 4 is 66.6 Å². The first kappa shape index (κ1) is 17.9. The van der Waals surface area contributed by atoms with E-state index in [4.69, 9.17) is 0 Å². The Bertz CT molecular complexity index is 2150. The molecule has 3 nitrogen and oxygen atoms in total. The molecule has 0 unspecified atom stereocenters. The van der Waals surface area contributed by atoms with Crippen LogP contribution >= 0.6 is 0 Å². The Hall–Kier alpha value is -4.57. The molecule has 0 atom stereocenters. The average molecular weight is 444 g/mol. The summed E-state index contributed by atoms with van der Waals surface area (Å²) in [5.74, 6) is 0. The molecule has 2 aliphatic rings. The van der Waals surface area contributed by atoms with E-state index >= 15 is 0 Å². The molecule has 2 aromatic heterocycles. The minimum atomic E-state index is 0.0498. The quantitative estimate of drug-likeness (QED) is 0.252. The van der Waals surface area contributed by atoms with Crippen LogP contribution in [-0.2, 0) is 0 Å². The van der Waals surface area contributed by atoms with Crippen LogP contribution in [0.2, 0.25) is 0 Å². The third-order valence-electron chi connectivity index (χ3n) is 8.12. The number of fused-ring (bicyclic) bond motifs is 9. The van der Waals surface area contributed by atoms with E-state index in [1.807, 2.05) is 22.8 Å². The Kier molecular flexibility index (Phi) is 3.02. The molecular weight excluding hydrogens is 427 g/mol. The van der Waals surface area contributed by atoms with E-state index in [2.05, 4.69) is 89.5 Å². The van der Waals surface area contributed by atoms with Gasteiger partial charge in [0.25, 0.3) is 12.3 Å². The Morgan fingerprint density at radius 3 is 1.80 bits per heavy atom. The summed E-state index contributed by atoms with van der Waals surface area (Å²) in [7, 11) is 0. The predicted molar refractivity (Wildman–Crippen MR) is 146 cm³/mol. The molecule has 160 valence electrons. The Labute approximate surface area is 200 Å². The standard InChI is InChI=1S/C31H17BN2O/c35-31-22-10-2-1-8-18(22)20-11-5-14-24-30(20)34(31)27-17-7-16-26-28(27)32(24)23-13-6-12-21-19-9-3-4-15-25(19)33(26)29(21)23/h1-17H. The summed E-state index contributed by atoms with van der Waals surface area (Å²) >= 11 is 0. The summed E-state index contributed by atoms with van der Waals surface area (Å²) < 4.78 is 4.38. The van der Waals surface area contributed by atoms with Crippen LogP contribution in [0.4, 0.5) is 0 Å². The molecular formula is C31H17BN2O. The van der Waals surface area contributed by atoms with Gasteiger partial charge in [0.15, 0.2) is 0 Å². The van der Waals surface area contributed by atoms with Crippen molar-refractivity contribution in [2.45, 2.75) is 0 Å². The molecule has 2 aliphatic heterocycles. The van der Waals surface area contributed by atoms with Crippen molar-refractivity contribution in [1.29, 1.82) is 0 Å². The second kappa shape index (κ2) is 5.91. The lowest BCUT2D eigenvalue weighted by Crippen LogP contribution is -2.60. The van der Waals surface area contributed by atoms with Gasteiger partial charge >= 0.3 is 0 Å². The third kappa shape index (κ3) is 1.92. The molecule has 0 spiro atoms. The Morgan fingerprint density at radius 1 is 0.486 bits per heavy atom. The zero-order valence-electron chi connectivity index (χ0n) is 18.7. The maximum Gasteiger partial charge on any atom is 0.263 e. The van der Waals surface area contributed by atoms with Gasteiger partial charge in [-0.2, -0.15) is 0 Å². The highest BCUT2D eigenvalue weighted by Gasteiger charge is 2.40. The monoisotopic (exact) mass is 444 g/mol. The highest BCUT2D eigenvalue weighted by molar-refractivity contribution is 7.00. The van der Waals surface area contributed by atoms with E-state index in [-0.39, 0.29) is 12.3 Å². The first-order valence-electron chi connectivity index (χ1n) is 12.0. The predicted octanol–water partition coefficient (Wildman–Crippen LogP) is 4.38. The summed E-state index contributed by atoms with van der Waals surface area (Å²) in [5, 5.41) is 5.46. The van der Waals surface area contributed by atoms with Crippen LogP contribution in [0.3, 0.4) is 0 Å². The van der Waals surface area contributed by atoms with Gasteiger partial charge in [-0.1, -0.05) is 78.9 Å². The van der Waals surface area contributed by atoms with Gasteiger partial charge in [0, 0.05) is 38.4 Å². The molecule has 7 aromatic rings. The molecule has 9 rings (SSSR count). The van der Waals surface area contributed by atoms with Crippen LogP contribution in [-0.4, -0.2) is 15.8 Å². The van der Waals surface area contributed by atoms with Crippen LogP contribution in [0, 0.1) is 0 Å². The van der Waals surface area contributed by atoms with Gasteiger partial charge < -0.3 is 4.57 Å². The highest BCUT2D eigenvalue weighted by Crippen LogP contribution is 2.35. The van der Waals surface area contributed by atoms with Crippen LogP contribution in [0.5, 0.6) is 0 Å². The zero-order valence-corrected chi connectivity index (χ0v) is 18.7. The minimum Gasteiger partial charge on any atom is -0.310 e. The van der Waals surface area contributed by atoms with Crippen LogP contribution in [0.25, 0.3) is 54.9 Å². The zero-order chi connectivity index (χ0) is 22.8. The molecule has 0 saturated heterocycles. The van der Waals surface area contributed by atoms with E-state index < -0.39 is 0 Å². The summed E-state index contributed by atoms with van der Waals surface area (Å²) in [6.07, 6.45) is 0. The normalized spacial score (nSPS) is 13.2. The highest BCUT2D eigenvalue weighted by atomic mass is 16.1. The van der Waals surface area contributed by atoms with Gasteiger partial charge in [0.05, 0.1) is 11.0 Å². The van der Waals surface area contributed by atoms with E-state index in [9.17, 15) is 4.79 Å². The van der Waals surface area contributed by atoms with Crippen molar-refractivity contribution in [2.75, 3.05) is 0 Å². The molecule has 0 fully saturated rings. The molecule has 0 N–H and O–H groups in total. The molecule has 0 bridgehead atoms. The first-order chi connectivity index (χ1) is 17.3. The maximum atomic E-state index is 14.0. The third-order valence-corrected chi connectivity index (χ3v) is 8.12. The van der Waals surface area contributed by atoms with Gasteiger partial charge in [-0.3, -0.25) is 9.36 Å². The number of rotatable bonds is 0. The average Bonchev–Trinajstić information content (AvgIpc) is 3.25. The van der Waals surface area contributed by atoms with E-state index in [1.165, 1.54) is 43.9 Å². The number of hydrogen-bond acceptors (Lipinski definition) is 1. The summed E-state index contributed by atoms with van der Waals surface area (Å²) in [6.45, 7) is 0.0750. The molecule has 35 heavy (non-hydrogen) atoms. The molecule has 0 radical (unpaired) electrons. The lowest BCUT2D eigenvalue weighted by Gasteiger charge is -2.34. The van der Waals surface area contributed by atoms with Crippen molar-refractivity contribution in [3.63, 3.8) is 0 Å². The number of pyridine rings is 1. The van der Waals surface area contributed by atoms with Gasteiger partial charge in [0.1, 0.15) is 0 Å². The number of benzene rings is 5. The van der Waals surface area contributed by atoms with Crippen LogP contribution < -0.4 is 21.9 Å². The van der Waals surface area contributed by atoms with Gasteiger partial charge in [-0.15, -0.1) is 0 Å². The summed E-state index contributed by atoms with van der Waals surface area (Å²) in [4.78, 5) is 14.0. The van der Waals surface area contributed by atoms with Crippen molar-refractivity contribution in [2.24, 2.45) is 0 Å². The van der Waals surface area contributed by atoms with Gasteiger partial charge in [-0.05, 0) is 46.0 Å². The van der Waals surface area contributed by atoms with Crippen molar-refractivity contribution in [3.8, 4) is 11.4 Å². The fraction of sp³-hybridized carbons (Fsp3) is 0. The fourth-order valence-corrected chi connectivity index (χ4v) is 6.85. The SMILES string of the molecule is O=c1c2ccccc2c2cccc3c2n1-c1cccc2c1B3c1cccc3c4ccccc4n-2c13. The first-order valence-corrected chi connectivity index (χ1v) is 12.0. The van der Waals surface area contributed by atoms with Crippen molar-refractivity contribution in [1.82, 2.24) is 9.13 Å². The maximum absolute atomic E-state index is 14.0. The largest absolute Gasteiger partial charge is 0.310 e. The van der Waals surface area contributed by atoms with Crippen LogP contribution in [0.15, 0.2) is 108 Å². The Balaban J connectivity index is 1.59.